The fourth-order valence-corrected chi connectivity index (χ4v) is 1.60. The Morgan fingerprint density at radius 1 is 1.20 bits per heavy atom. The van der Waals surface area contributed by atoms with E-state index < -0.39 is 30.3 Å². The van der Waals surface area contributed by atoms with E-state index in [4.69, 9.17) is 0 Å². The van der Waals surface area contributed by atoms with Crippen molar-refractivity contribution in [3.8, 4) is 0 Å². The van der Waals surface area contributed by atoms with Crippen LogP contribution in [0, 0.1) is 0 Å². The highest BCUT2D eigenvalue weighted by molar-refractivity contribution is 5.96. The van der Waals surface area contributed by atoms with E-state index in [0.717, 1.165) is 0 Å². The maximum absolute atomic E-state index is 11.7. The van der Waals surface area contributed by atoms with Crippen molar-refractivity contribution in [3.05, 3.63) is 35.9 Å². The molecule has 1 aromatic rings. The molecule has 6 heteroatoms. The van der Waals surface area contributed by atoms with Gasteiger partial charge in [-0.15, -0.1) is 0 Å². The van der Waals surface area contributed by atoms with Crippen LogP contribution in [-0.4, -0.2) is 31.6 Å². The molecule has 0 aliphatic carbocycles. The van der Waals surface area contributed by atoms with Gasteiger partial charge in [-0.2, -0.15) is 0 Å². The van der Waals surface area contributed by atoms with Gasteiger partial charge >= 0.3 is 11.9 Å². The van der Waals surface area contributed by atoms with Crippen LogP contribution in [-0.2, 0) is 23.9 Å². The first-order valence-corrected chi connectivity index (χ1v) is 6.16. The maximum atomic E-state index is 11.7. The van der Waals surface area contributed by atoms with E-state index in [1.54, 1.807) is 37.3 Å². The average Bonchev–Trinajstić information content (AvgIpc) is 2.45. The van der Waals surface area contributed by atoms with Crippen LogP contribution in [0.5, 0.6) is 0 Å². The number of methoxy groups -OCH3 is 1. The largest absolute Gasteiger partial charge is 0.467 e. The first-order valence-electron chi connectivity index (χ1n) is 6.16. The number of rotatable bonds is 6. The summed E-state index contributed by atoms with van der Waals surface area (Å²) in [7, 11) is 1.23. The van der Waals surface area contributed by atoms with Crippen LogP contribution in [0.1, 0.15) is 24.9 Å². The van der Waals surface area contributed by atoms with Gasteiger partial charge in [0.25, 0.3) is 0 Å². The molecule has 20 heavy (non-hydrogen) atoms. The minimum absolute atomic E-state index is 0.200. The van der Waals surface area contributed by atoms with Crippen LogP contribution in [0.3, 0.4) is 0 Å². The van der Waals surface area contributed by atoms with Crippen LogP contribution in [0.2, 0.25) is 0 Å². The Kier molecular flexibility index (Phi) is 6.22. The molecule has 6 nitrogen and oxygen atoms in total. The minimum Gasteiger partial charge on any atom is -0.467 e. The molecule has 1 N–H and O–H groups in total. The van der Waals surface area contributed by atoms with Crippen LogP contribution >= 0.6 is 0 Å². The second-order valence-electron chi connectivity index (χ2n) is 3.92. The summed E-state index contributed by atoms with van der Waals surface area (Å²) in [5.74, 6) is -1.84. The van der Waals surface area contributed by atoms with Gasteiger partial charge in [0.1, 0.15) is 6.42 Å². The maximum Gasteiger partial charge on any atom is 0.333 e. The summed E-state index contributed by atoms with van der Waals surface area (Å²) in [5, 5.41) is 2.46. The van der Waals surface area contributed by atoms with Gasteiger partial charge in [-0.1, -0.05) is 30.3 Å². The van der Waals surface area contributed by atoms with Gasteiger partial charge in [0, 0.05) is 0 Å². The number of carbonyl (C=O) groups excluding carboxylic acids is 3. The molecule has 1 amide bonds. The number of amides is 1. The van der Waals surface area contributed by atoms with Crippen LogP contribution in [0.4, 0.5) is 0 Å². The highest BCUT2D eigenvalue weighted by Crippen LogP contribution is 2.14. The quantitative estimate of drug-likeness (QED) is 0.620. The van der Waals surface area contributed by atoms with Gasteiger partial charge in [-0.05, 0) is 12.5 Å². The molecule has 1 aromatic carbocycles. The summed E-state index contributed by atoms with van der Waals surface area (Å²) in [6.07, 6.45) is -0.436. The molecule has 0 saturated heterocycles. The molecular formula is C14H17NO5. The highest BCUT2D eigenvalue weighted by Gasteiger charge is 2.24. The van der Waals surface area contributed by atoms with Crippen molar-refractivity contribution in [1.82, 2.24) is 5.32 Å². The SMILES string of the molecule is CCOC(=O)CC(=O)NC(C(=O)OC)c1ccccc1. The average molecular weight is 279 g/mol. The zero-order chi connectivity index (χ0) is 15.0. The predicted molar refractivity (Wildman–Crippen MR) is 70.6 cm³/mol. The number of ether oxygens (including phenoxy) is 2. The van der Waals surface area contributed by atoms with E-state index in [2.05, 4.69) is 14.8 Å². The molecule has 0 bridgehead atoms. The summed E-state index contributed by atoms with van der Waals surface area (Å²) in [6.45, 7) is 1.85. The summed E-state index contributed by atoms with van der Waals surface area (Å²) >= 11 is 0. The van der Waals surface area contributed by atoms with Crippen LogP contribution in [0.15, 0.2) is 30.3 Å². The number of hydrogen-bond donors (Lipinski definition) is 1. The van der Waals surface area contributed by atoms with E-state index in [1.165, 1.54) is 7.11 Å². The molecule has 0 radical (unpaired) electrons. The van der Waals surface area contributed by atoms with Crippen molar-refractivity contribution in [1.29, 1.82) is 0 Å². The Morgan fingerprint density at radius 3 is 2.40 bits per heavy atom. The van der Waals surface area contributed by atoms with E-state index >= 15 is 0 Å². The Balaban J connectivity index is 2.74. The molecular weight excluding hydrogens is 262 g/mol. The molecule has 0 fully saturated rings. The Hall–Kier alpha value is -2.37. The van der Waals surface area contributed by atoms with Gasteiger partial charge in [0.15, 0.2) is 6.04 Å². The highest BCUT2D eigenvalue weighted by atomic mass is 16.5. The number of nitrogens with one attached hydrogen (secondary N) is 1. The van der Waals surface area contributed by atoms with E-state index in [-0.39, 0.29) is 6.61 Å². The lowest BCUT2D eigenvalue weighted by molar-refractivity contribution is -0.149. The Morgan fingerprint density at radius 2 is 1.85 bits per heavy atom. The summed E-state index contributed by atoms with van der Waals surface area (Å²) in [4.78, 5) is 34.6. The lowest BCUT2D eigenvalue weighted by Crippen LogP contribution is -2.35. The number of esters is 2. The van der Waals surface area contributed by atoms with E-state index in [0.29, 0.717) is 5.56 Å². The first kappa shape index (κ1) is 15.7. The standard InChI is InChI=1S/C14H17NO5/c1-3-20-12(17)9-11(16)15-13(14(18)19-2)10-7-5-4-6-8-10/h4-8,13H,3,9H2,1-2H3,(H,15,16). The van der Waals surface area contributed by atoms with E-state index in [1.807, 2.05) is 0 Å². The number of carbonyl (C=O) groups is 3. The Bertz CT molecular complexity index is 472. The second-order valence-corrected chi connectivity index (χ2v) is 3.92. The molecule has 0 heterocycles. The molecule has 1 atom stereocenters. The zero-order valence-electron chi connectivity index (χ0n) is 11.4. The molecule has 0 saturated carbocycles. The van der Waals surface area contributed by atoms with E-state index in [9.17, 15) is 14.4 Å². The third-order valence-electron chi connectivity index (χ3n) is 2.49. The monoisotopic (exact) mass is 279 g/mol. The second kappa shape index (κ2) is 7.93. The summed E-state index contributed by atoms with van der Waals surface area (Å²) in [5.41, 5.74) is 0.580. The van der Waals surface area contributed by atoms with Gasteiger partial charge < -0.3 is 14.8 Å². The fourth-order valence-electron chi connectivity index (χ4n) is 1.60. The predicted octanol–water partition coefficient (Wildman–Crippen LogP) is 0.970. The number of benzene rings is 1. The smallest absolute Gasteiger partial charge is 0.333 e. The molecule has 1 unspecified atom stereocenters. The number of hydrogen-bond acceptors (Lipinski definition) is 5. The molecule has 1 rings (SSSR count). The molecule has 108 valence electrons. The molecule has 0 aliphatic heterocycles. The molecule has 0 spiro atoms. The minimum atomic E-state index is -0.942. The summed E-state index contributed by atoms with van der Waals surface area (Å²) in [6, 6.07) is 7.70. The summed E-state index contributed by atoms with van der Waals surface area (Å²) < 4.78 is 9.32. The van der Waals surface area contributed by atoms with Crippen molar-refractivity contribution in [3.63, 3.8) is 0 Å². The lowest BCUT2D eigenvalue weighted by Gasteiger charge is -2.16. The normalized spacial score (nSPS) is 11.3. The van der Waals surface area contributed by atoms with Crippen molar-refractivity contribution < 1.29 is 23.9 Å². The lowest BCUT2D eigenvalue weighted by atomic mass is 10.1. The Labute approximate surface area is 117 Å². The van der Waals surface area contributed by atoms with Crippen molar-refractivity contribution in [2.75, 3.05) is 13.7 Å². The molecule has 0 aliphatic rings. The van der Waals surface area contributed by atoms with Crippen molar-refractivity contribution in [2.45, 2.75) is 19.4 Å². The van der Waals surface area contributed by atoms with Gasteiger partial charge in [0.2, 0.25) is 5.91 Å². The van der Waals surface area contributed by atoms with Crippen LogP contribution in [0.25, 0.3) is 0 Å². The van der Waals surface area contributed by atoms with Gasteiger partial charge in [-0.3, -0.25) is 9.59 Å². The van der Waals surface area contributed by atoms with Crippen LogP contribution < -0.4 is 5.32 Å². The van der Waals surface area contributed by atoms with Gasteiger partial charge in [0.05, 0.1) is 13.7 Å². The first-order chi connectivity index (χ1) is 9.58. The third-order valence-corrected chi connectivity index (χ3v) is 2.49. The fraction of sp³-hybridized carbons (Fsp3) is 0.357. The molecule has 0 aromatic heterocycles. The topological polar surface area (TPSA) is 81.7 Å². The third kappa shape index (κ3) is 4.72. The van der Waals surface area contributed by atoms with Gasteiger partial charge in [-0.25, -0.2) is 4.79 Å². The zero-order valence-corrected chi connectivity index (χ0v) is 11.4. The van der Waals surface area contributed by atoms with Crippen molar-refractivity contribution >= 4 is 17.8 Å². The van der Waals surface area contributed by atoms with Crippen molar-refractivity contribution in [2.24, 2.45) is 0 Å².